The fourth-order valence-electron chi connectivity index (χ4n) is 2.87. The van der Waals surface area contributed by atoms with Crippen LogP contribution in [0.3, 0.4) is 0 Å². The summed E-state index contributed by atoms with van der Waals surface area (Å²) in [6, 6.07) is 8.89. The van der Waals surface area contributed by atoms with Crippen LogP contribution in [-0.2, 0) is 13.0 Å². The Kier molecular flexibility index (Phi) is 6.01. The highest BCUT2D eigenvalue weighted by Crippen LogP contribution is 2.23. The number of hydrogen-bond acceptors (Lipinski definition) is 8. The van der Waals surface area contributed by atoms with Crippen LogP contribution in [0.1, 0.15) is 27.0 Å². The molecule has 3 aromatic rings. The van der Waals surface area contributed by atoms with Gasteiger partial charge in [-0.2, -0.15) is 10.2 Å². The number of anilines is 3. The number of nitrogens with one attached hydrogen (secondary N) is 1. The highest BCUT2D eigenvalue weighted by atomic mass is 16.1. The van der Waals surface area contributed by atoms with Gasteiger partial charge in [0.15, 0.2) is 0 Å². The van der Waals surface area contributed by atoms with Gasteiger partial charge in [-0.15, -0.1) is 0 Å². The molecular weight excluding hydrogens is 384 g/mol. The number of carbonyl (C=O) groups excluding carboxylic acids is 1. The van der Waals surface area contributed by atoms with Gasteiger partial charge in [0.25, 0.3) is 5.91 Å². The average molecular weight is 408 g/mol. The van der Waals surface area contributed by atoms with E-state index in [0.29, 0.717) is 30.0 Å². The van der Waals surface area contributed by atoms with Crippen LogP contribution in [0.25, 0.3) is 0 Å². The van der Waals surface area contributed by atoms with E-state index in [-0.39, 0.29) is 24.1 Å². The molecule has 1 aromatic carbocycles. The Morgan fingerprint density at radius 1 is 1.13 bits per heavy atom. The van der Waals surface area contributed by atoms with Gasteiger partial charge < -0.3 is 34.1 Å². The smallest absolute Gasteiger partial charge is 0.251 e. The minimum Gasteiger partial charge on any atom is -0.396 e. The maximum Gasteiger partial charge on any atom is 0.251 e. The summed E-state index contributed by atoms with van der Waals surface area (Å²) < 4.78 is 1.80. The van der Waals surface area contributed by atoms with Crippen molar-refractivity contribution in [3.63, 3.8) is 0 Å². The van der Waals surface area contributed by atoms with Gasteiger partial charge in [0.05, 0.1) is 25.0 Å². The van der Waals surface area contributed by atoms with Crippen LogP contribution in [0.5, 0.6) is 0 Å². The van der Waals surface area contributed by atoms with Crippen LogP contribution < -0.4 is 34.1 Å². The van der Waals surface area contributed by atoms with Crippen LogP contribution >= 0.6 is 0 Å². The topological polar surface area (TPSA) is 202 Å². The van der Waals surface area contributed by atoms with Gasteiger partial charge in [0, 0.05) is 18.2 Å². The molecule has 0 unspecified atom stereocenters. The largest absolute Gasteiger partial charge is 0.396 e. The molecule has 11 N–H and O–H groups in total. The lowest BCUT2D eigenvalue weighted by atomic mass is 10.1. The summed E-state index contributed by atoms with van der Waals surface area (Å²) in [7, 11) is 0. The summed E-state index contributed by atoms with van der Waals surface area (Å²) in [6.45, 7) is 0.636. The molecule has 0 atom stereocenters. The summed E-state index contributed by atoms with van der Waals surface area (Å²) in [4.78, 5) is 16.0. The number of nitrogens with zero attached hydrogens (tertiary/aromatic N) is 4. The number of aromatic nitrogens is 3. The van der Waals surface area contributed by atoms with Crippen molar-refractivity contribution in [1.82, 2.24) is 20.1 Å². The van der Waals surface area contributed by atoms with Gasteiger partial charge in [-0.3, -0.25) is 9.48 Å². The first-order valence-corrected chi connectivity index (χ1v) is 9.06. The number of carbonyl (C=O) groups is 1. The van der Waals surface area contributed by atoms with Crippen molar-refractivity contribution in [2.75, 3.05) is 23.7 Å². The van der Waals surface area contributed by atoms with Gasteiger partial charge >= 0.3 is 0 Å². The first-order chi connectivity index (χ1) is 14.4. The quantitative estimate of drug-likeness (QED) is 0.131. The predicted molar refractivity (Wildman–Crippen MR) is 116 cm³/mol. The molecule has 2 heterocycles. The fraction of sp³-hybridized carbons (Fsp3) is 0.158. The number of rotatable bonds is 7. The third-order valence-electron chi connectivity index (χ3n) is 4.43. The molecule has 11 nitrogen and oxygen atoms in total. The molecule has 0 spiro atoms. The number of nitrogens with two attached hydrogens (primary N) is 5. The van der Waals surface area contributed by atoms with Crippen molar-refractivity contribution in [3.05, 3.63) is 65.0 Å². The molecule has 0 bridgehead atoms. The van der Waals surface area contributed by atoms with E-state index in [9.17, 15) is 4.79 Å². The van der Waals surface area contributed by atoms with Crippen LogP contribution in [0, 0.1) is 0 Å². The molecule has 3 rings (SSSR count). The normalized spacial score (nSPS) is 11.4. The van der Waals surface area contributed by atoms with Crippen LogP contribution in [0.4, 0.5) is 17.3 Å². The highest BCUT2D eigenvalue weighted by Gasteiger charge is 2.10. The third kappa shape index (κ3) is 4.95. The Labute approximate surface area is 172 Å². The van der Waals surface area contributed by atoms with E-state index in [2.05, 4.69) is 20.5 Å². The second kappa shape index (κ2) is 8.82. The second-order valence-corrected chi connectivity index (χ2v) is 6.73. The number of pyridine rings is 1. The molecule has 0 saturated carbocycles. The monoisotopic (exact) mass is 408 g/mol. The molecule has 0 aliphatic carbocycles. The molecule has 0 radical (unpaired) electrons. The lowest BCUT2D eigenvalue weighted by Gasteiger charge is -2.08. The molecule has 11 heteroatoms. The van der Waals surface area contributed by atoms with Crippen molar-refractivity contribution in [1.29, 1.82) is 0 Å². The summed E-state index contributed by atoms with van der Waals surface area (Å²) in [6.07, 6.45) is 4.22. The van der Waals surface area contributed by atoms with Crippen molar-refractivity contribution >= 4 is 29.1 Å². The van der Waals surface area contributed by atoms with E-state index in [4.69, 9.17) is 28.8 Å². The average Bonchev–Trinajstić information content (AvgIpc) is 3.16. The second-order valence-electron chi connectivity index (χ2n) is 6.73. The van der Waals surface area contributed by atoms with Crippen LogP contribution in [-0.4, -0.2) is 33.1 Å². The Morgan fingerprint density at radius 3 is 2.57 bits per heavy atom. The van der Waals surface area contributed by atoms with Crippen molar-refractivity contribution in [3.8, 4) is 0 Å². The Hall–Kier alpha value is -4.28. The van der Waals surface area contributed by atoms with E-state index in [0.717, 1.165) is 16.7 Å². The van der Waals surface area contributed by atoms with Crippen molar-refractivity contribution < 1.29 is 4.79 Å². The van der Waals surface area contributed by atoms with E-state index in [1.165, 1.54) is 0 Å². The maximum atomic E-state index is 12.1. The number of hydrazone groups is 1. The first-order valence-electron chi connectivity index (χ1n) is 9.06. The zero-order valence-electron chi connectivity index (χ0n) is 16.2. The van der Waals surface area contributed by atoms with E-state index >= 15 is 0 Å². The summed E-state index contributed by atoms with van der Waals surface area (Å²) in [5, 5.41) is 10.3. The third-order valence-corrected chi connectivity index (χ3v) is 4.43. The minimum absolute atomic E-state index is 0.0897. The van der Waals surface area contributed by atoms with Gasteiger partial charge in [-0.25, -0.2) is 4.98 Å². The molecular formula is C19H24N10O. The molecule has 156 valence electrons. The zero-order chi connectivity index (χ0) is 21.7. The summed E-state index contributed by atoms with van der Waals surface area (Å²) >= 11 is 0. The molecule has 0 saturated heterocycles. The van der Waals surface area contributed by atoms with Crippen molar-refractivity contribution in [2.45, 2.75) is 13.0 Å². The number of hydrogen-bond donors (Lipinski definition) is 6. The Balaban J connectivity index is 1.63. The molecule has 1 amide bonds. The Bertz CT molecular complexity index is 1070. The zero-order valence-corrected chi connectivity index (χ0v) is 16.2. The molecule has 0 aliphatic rings. The Morgan fingerprint density at radius 2 is 1.87 bits per heavy atom. The standard InChI is InChI=1S/C19H24N10O/c20-15-6-14(17(22)18(23)27-15)5-12-7-26-29(10-12)9-11-1-3-13(4-2-11)19(30)25-8-16(21)28-24/h1-4,6-7,10H,5,8-9,22,24H2,(H2,21,28)(H,25,30)(H4,20,23,27). The van der Waals surface area contributed by atoms with E-state index in [1.54, 1.807) is 29.1 Å². The first kappa shape index (κ1) is 20.5. The van der Waals surface area contributed by atoms with E-state index in [1.807, 2.05) is 18.3 Å². The van der Waals surface area contributed by atoms with Crippen LogP contribution in [0.2, 0.25) is 0 Å². The van der Waals surface area contributed by atoms with Crippen LogP contribution in [0.15, 0.2) is 47.8 Å². The van der Waals surface area contributed by atoms with Crippen molar-refractivity contribution in [2.24, 2.45) is 16.7 Å². The van der Waals surface area contributed by atoms with Gasteiger partial charge in [0.1, 0.15) is 17.5 Å². The highest BCUT2D eigenvalue weighted by molar-refractivity contribution is 5.97. The SMILES string of the molecule is NN=C(N)CNC(=O)c1ccc(Cn2cc(Cc3cc(N)nc(N)c3N)cn2)cc1. The molecule has 0 aliphatic heterocycles. The summed E-state index contributed by atoms with van der Waals surface area (Å²) in [5.74, 6) is 5.47. The number of nitrogen functional groups attached to an aromatic ring is 3. The van der Waals surface area contributed by atoms with Gasteiger partial charge in [0.2, 0.25) is 0 Å². The minimum atomic E-state index is -0.261. The van der Waals surface area contributed by atoms with E-state index < -0.39 is 0 Å². The molecule has 30 heavy (non-hydrogen) atoms. The molecule has 2 aromatic heterocycles. The predicted octanol–water partition coefficient (Wildman–Crippen LogP) is -0.375. The fourth-order valence-corrected chi connectivity index (χ4v) is 2.87. The summed E-state index contributed by atoms with van der Waals surface area (Å²) in [5.41, 5.74) is 26.7. The lowest BCUT2D eigenvalue weighted by Crippen LogP contribution is -2.34. The number of amides is 1. The molecule has 0 fully saturated rings. The lowest BCUT2D eigenvalue weighted by molar-refractivity contribution is 0.0959. The number of benzene rings is 1. The van der Waals surface area contributed by atoms with Gasteiger partial charge in [-0.1, -0.05) is 12.1 Å². The number of amidine groups is 1. The maximum absolute atomic E-state index is 12.1. The van der Waals surface area contributed by atoms with Gasteiger partial charge in [-0.05, 0) is 34.9 Å².